The fourth-order valence-electron chi connectivity index (χ4n) is 5.52. The Morgan fingerprint density at radius 3 is 2.46 bits per heavy atom. The van der Waals surface area contributed by atoms with Crippen molar-refractivity contribution in [3.05, 3.63) is 93.8 Å². The second kappa shape index (κ2) is 9.91. The smallest absolute Gasteiger partial charge is 0.417 e. The van der Waals surface area contributed by atoms with Gasteiger partial charge in [0.2, 0.25) is 0 Å². The van der Waals surface area contributed by atoms with Crippen LogP contribution in [0.15, 0.2) is 60.8 Å². The number of hydrogen-bond acceptors (Lipinski definition) is 5. The Bertz CT molecular complexity index is 1340. The number of halogens is 4. The van der Waals surface area contributed by atoms with Crippen LogP contribution in [-0.4, -0.2) is 30.2 Å². The zero-order chi connectivity index (χ0) is 26.3. The van der Waals surface area contributed by atoms with E-state index in [0.717, 1.165) is 23.6 Å². The van der Waals surface area contributed by atoms with Gasteiger partial charge in [0, 0.05) is 24.6 Å². The molecule has 37 heavy (non-hydrogen) atoms. The van der Waals surface area contributed by atoms with Crippen molar-refractivity contribution >= 4 is 23.2 Å². The van der Waals surface area contributed by atoms with Crippen molar-refractivity contribution in [2.45, 2.75) is 36.9 Å². The average molecular weight is 529 g/mol. The van der Waals surface area contributed by atoms with E-state index in [1.807, 2.05) is 24.3 Å². The Kier molecular flexibility index (Phi) is 6.81. The quantitative estimate of drug-likeness (QED) is 0.442. The summed E-state index contributed by atoms with van der Waals surface area (Å²) in [7, 11) is 1.52. The molecule has 1 aromatic heterocycles. The van der Waals surface area contributed by atoms with Gasteiger partial charge in [-0.15, -0.1) is 0 Å². The molecule has 0 amide bonds. The number of fused-ring (bicyclic) bond motifs is 1. The Morgan fingerprint density at radius 1 is 1.05 bits per heavy atom. The van der Waals surface area contributed by atoms with E-state index in [4.69, 9.17) is 16.3 Å². The van der Waals surface area contributed by atoms with Gasteiger partial charge in [-0.2, -0.15) is 13.2 Å². The number of hydrogen-bond donors (Lipinski definition) is 1. The number of methoxy groups -OCH3 is 1. The molecule has 9 heteroatoms. The highest BCUT2D eigenvalue weighted by Gasteiger charge is 2.50. The van der Waals surface area contributed by atoms with Gasteiger partial charge >= 0.3 is 6.18 Å². The van der Waals surface area contributed by atoms with Crippen molar-refractivity contribution in [1.29, 1.82) is 0 Å². The van der Waals surface area contributed by atoms with Crippen LogP contribution in [0, 0.1) is 5.92 Å². The van der Waals surface area contributed by atoms with Crippen LogP contribution < -0.4 is 10.1 Å². The fourth-order valence-corrected chi connectivity index (χ4v) is 5.80. The lowest BCUT2D eigenvalue weighted by molar-refractivity contribution is -0.139. The standard InChI is InChI=1S/C28H24ClF3N2O3/c1-37-18-8-6-16(7-9-18)20-13-22(35)24(25-19-5-3-2-4-15(19)10-11-33-25)27(36)23(20)26-21(29)12-17(14-34-26)28(30,31)32/h2-9,12,14,20,23-25,33H,10-11,13H2,1H3. The second-order valence-corrected chi connectivity index (χ2v) is 9.78. The number of pyridine rings is 1. The highest BCUT2D eigenvalue weighted by molar-refractivity contribution is 6.31. The van der Waals surface area contributed by atoms with Crippen molar-refractivity contribution in [1.82, 2.24) is 10.3 Å². The van der Waals surface area contributed by atoms with Gasteiger partial charge in [-0.1, -0.05) is 48.0 Å². The molecule has 2 aliphatic rings. The van der Waals surface area contributed by atoms with Crippen molar-refractivity contribution in [2.24, 2.45) is 5.92 Å². The molecule has 1 aliphatic heterocycles. The normalized spacial score (nSPS) is 24.0. The number of carbonyl (C=O) groups excluding carboxylic acids is 2. The number of aromatic nitrogens is 1. The summed E-state index contributed by atoms with van der Waals surface area (Å²) >= 11 is 6.35. The summed E-state index contributed by atoms with van der Waals surface area (Å²) in [5.41, 5.74) is 1.67. The fraction of sp³-hybridized carbons (Fsp3) is 0.321. The predicted molar refractivity (Wildman–Crippen MR) is 132 cm³/mol. The molecule has 5 nitrogen and oxygen atoms in total. The predicted octanol–water partition coefficient (Wildman–Crippen LogP) is 5.67. The minimum atomic E-state index is -4.63. The van der Waals surface area contributed by atoms with Crippen LogP contribution in [-0.2, 0) is 22.2 Å². The third-order valence-electron chi connectivity index (χ3n) is 7.30. The minimum Gasteiger partial charge on any atom is -0.497 e. The monoisotopic (exact) mass is 528 g/mol. The molecule has 3 aromatic rings. The summed E-state index contributed by atoms with van der Waals surface area (Å²) in [4.78, 5) is 31.8. The summed E-state index contributed by atoms with van der Waals surface area (Å²) in [5, 5.41) is 3.08. The lowest BCUT2D eigenvalue weighted by Crippen LogP contribution is -2.47. The molecular formula is C28H24ClF3N2O3. The lowest BCUT2D eigenvalue weighted by atomic mass is 9.65. The van der Waals surface area contributed by atoms with E-state index in [1.54, 1.807) is 24.3 Å². The maximum absolute atomic E-state index is 14.2. The van der Waals surface area contributed by atoms with E-state index in [-0.39, 0.29) is 22.9 Å². The van der Waals surface area contributed by atoms with Gasteiger partial charge in [0.15, 0.2) is 5.78 Å². The molecule has 192 valence electrons. The van der Waals surface area contributed by atoms with Crippen molar-refractivity contribution in [3.63, 3.8) is 0 Å². The summed E-state index contributed by atoms with van der Waals surface area (Å²) in [6, 6.07) is 14.9. The number of ether oxygens (including phenoxy) is 1. The van der Waals surface area contributed by atoms with Gasteiger partial charge in [-0.3, -0.25) is 14.6 Å². The zero-order valence-electron chi connectivity index (χ0n) is 19.9. The molecular weight excluding hydrogens is 505 g/mol. The maximum Gasteiger partial charge on any atom is 0.417 e. The number of rotatable bonds is 4. The van der Waals surface area contributed by atoms with Crippen LogP contribution in [0.1, 0.15) is 52.2 Å². The number of benzene rings is 2. The Balaban J connectivity index is 1.60. The molecule has 0 saturated heterocycles. The van der Waals surface area contributed by atoms with Crippen LogP contribution in [0.2, 0.25) is 5.02 Å². The number of carbonyl (C=O) groups is 2. The van der Waals surface area contributed by atoms with E-state index >= 15 is 0 Å². The molecule has 0 bridgehead atoms. The number of alkyl halides is 3. The van der Waals surface area contributed by atoms with Gasteiger partial charge in [0.1, 0.15) is 11.5 Å². The van der Waals surface area contributed by atoms with Crippen molar-refractivity contribution in [3.8, 4) is 5.75 Å². The van der Waals surface area contributed by atoms with Gasteiger partial charge < -0.3 is 10.1 Å². The number of ketones is 2. The largest absolute Gasteiger partial charge is 0.497 e. The highest BCUT2D eigenvalue weighted by Crippen LogP contribution is 2.48. The van der Waals surface area contributed by atoms with Crippen LogP contribution in [0.25, 0.3) is 0 Å². The third-order valence-corrected chi connectivity index (χ3v) is 7.60. The van der Waals surface area contributed by atoms with Crippen molar-refractivity contribution < 1.29 is 27.5 Å². The first-order valence-electron chi connectivity index (χ1n) is 11.9. The molecule has 1 N–H and O–H groups in total. The summed E-state index contributed by atoms with van der Waals surface area (Å²) < 4.78 is 45.1. The van der Waals surface area contributed by atoms with E-state index in [9.17, 15) is 22.8 Å². The molecule has 0 spiro atoms. The van der Waals surface area contributed by atoms with E-state index in [2.05, 4.69) is 10.3 Å². The van der Waals surface area contributed by atoms with Crippen LogP contribution in [0.3, 0.4) is 0 Å². The third kappa shape index (κ3) is 4.76. The van der Waals surface area contributed by atoms with Crippen LogP contribution in [0.4, 0.5) is 13.2 Å². The van der Waals surface area contributed by atoms with Crippen LogP contribution in [0.5, 0.6) is 5.75 Å². The zero-order valence-corrected chi connectivity index (χ0v) is 20.6. The van der Waals surface area contributed by atoms with E-state index < -0.39 is 41.3 Å². The molecule has 2 aromatic carbocycles. The number of nitrogens with zero attached hydrogens (tertiary/aromatic N) is 1. The molecule has 1 fully saturated rings. The van der Waals surface area contributed by atoms with Gasteiger partial charge in [0.05, 0.1) is 35.2 Å². The number of Topliss-reactive ketones (excluding diaryl/α,β-unsaturated/α-hetero) is 2. The van der Waals surface area contributed by atoms with Gasteiger partial charge in [0.25, 0.3) is 0 Å². The summed E-state index contributed by atoms with van der Waals surface area (Å²) in [5.74, 6) is -2.68. The molecule has 1 aliphatic carbocycles. The first-order chi connectivity index (χ1) is 17.7. The summed E-state index contributed by atoms with van der Waals surface area (Å²) in [6.45, 7) is 0.602. The first kappa shape index (κ1) is 25.4. The average Bonchev–Trinajstić information content (AvgIpc) is 2.88. The van der Waals surface area contributed by atoms with Gasteiger partial charge in [-0.05, 0) is 47.9 Å². The topological polar surface area (TPSA) is 68.3 Å². The highest BCUT2D eigenvalue weighted by atomic mass is 35.5. The SMILES string of the molecule is COc1ccc(C2CC(=O)C(C3NCCc4ccccc43)C(=O)C2c2ncc(C(F)(F)F)cc2Cl)cc1. The molecule has 1 saturated carbocycles. The number of nitrogens with one attached hydrogen (secondary N) is 1. The van der Waals surface area contributed by atoms with E-state index in [0.29, 0.717) is 24.1 Å². The maximum atomic E-state index is 14.2. The van der Waals surface area contributed by atoms with Crippen molar-refractivity contribution in [2.75, 3.05) is 13.7 Å². The minimum absolute atomic E-state index is 0.0206. The Labute approximate surface area is 217 Å². The summed E-state index contributed by atoms with van der Waals surface area (Å²) in [6.07, 6.45) is -3.15. The second-order valence-electron chi connectivity index (χ2n) is 9.38. The molecule has 0 radical (unpaired) electrons. The first-order valence-corrected chi connectivity index (χ1v) is 12.3. The molecule has 2 heterocycles. The molecule has 5 rings (SSSR count). The molecule has 4 unspecified atom stereocenters. The Hall–Kier alpha value is -3.23. The Morgan fingerprint density at radius 2 is 1.78 bits per heavy atom. The lowest BCUT2D eigenvalue weighted by Gasteiger charge is -2.39. The van der Waals surface area contributed by atoms with Crippen LogP contribution >= 0.6 is 11.6 Å². The molecule has 4 atom stereocenters. The van der Waals surface area contributed by atoms with E-state index in [1.165, 1.54) is 7.11 Å². The van der Waals surface area contributed by atoms with Gasteiger partial charge in [-0.25, -0.2) is 0 Å².